The first-order chi connectivity index (χ1) is 36.2. The first kappa shape index (κ1) is 69.9. The van der Waals surface area contributed by atoms with Crippen LogP contribution in [-0.4, -0.2) is 100 Å². The number of ether oxygens (including phenoxy) is 3. The van der Waals surface area contributed by atoms with Crippen molar-refractivity contribution in [3.63, 3.8) is 0 Å². The Morgan fingerprint density at radius 1 is 0.486 bits per heavy atom. The summed E-state index contributed by atoms with van der Waals surface area (Å²) in [6.07, 6.45) is 55.5. The van der Waals surface area contributed by atoms with Gasteiger partial charge in [-0.15, -0.1) is 0 Å². The SMILES string of the molecule is CCC/C=C/CC/C=C/CC/C=C/C(O)C(COC1OC(CO)C(O)C(O)C1O)NC(=O)CCCCCCCCCCCCCCCCCCCCCCCCCCOC(=O)CCCCCCCCCCCCC. The number of aliphatic hydroxyl groups excluding tert-OH is 5. The van der Waals surface area contributed by atoms with Gasteiger partial charge in [-0.1, -0.05) is 262 Å². The molecule has 0 aromatic carbocycles. The molecule has 1 fully saturated rings. The summed E-state index contributed by atoms with van der Waals surface area (Å²) < 4.78 is 16.7. The number of nitrogens with one attached hydrogen (secondary N) is 1. The second-order valence-corrected chi connectivity index (χ2v) is 21.8. The standard InChI is InChI=1S/C63H117NO10/c1-3-5-7-9-11-13-29-33-37-41-45-49-56(66)55(54-73-63-62(71)61(70)60(69)57(53-65)74-63)64-58(67)50-46-42-38-34-31-27-25-23-21-19-17-15-16-18-20-22-24-26-28-32-36-40-44-48-52-72-59(68)51-47-43-39-35-30-14-12-10-8-6-4-2/h7,9,29,33,45,49,55-57,60-63,65-66,69-71H,3-6,8,10-28,30-32,34-44,46-48,50-54H2,1-2H3,(H,64,67)/b9-7+,33-29+,49-45+. The van der Waals surface area contributed by atoms with E-state index in [0.717, 1.165) is 77.0 Å². The van der Waals surface area contributed by atoms with E-state index in [9.17, 15) is 35.1 Å². The van der Waals surface area contributed by atoms with Crippen molar-refractivity contribution in [2.24, 2.45) is 0 Å². The van der Waals surface area contributed by atoms with E-state index in [4.69, 9.17) is 14.2 Å². The monoisotopic (exact) mass is 1050 g/mol. The van der Waals surface area contributed by atoms with Crippen molar-refractivity contribution in [1.29, 1.82) is 0 Å². The quantitative estimate of drug-likeness (QED) is 0.0195. The molecule has 7 unspecified atom stereocenters. The molecule has 11 nitrogen and oxygen atoms in total. The Labute approximate surface area is 453 Å². The topological polar surface area (TPSA) is 175 Å². The van der Waals surface area contributed by atoms with Crippen molar-refractivity contribution in [3.05, 3.63) is 36.5 Å². The van der Waals surface area contributed by atoms with Crippen LogP contribution in [-0.2, 0) is 23.8 Å². The Balaban J connectivity index is 2.01. The zero-order valence-corrected chi connectivity index (χ0v) is 47.8. The molecule has 1 rings (SSSR count). The van der Waals surface area contributed by atoms with E-state index in [1.54, 1.807) is 6.08 Å². The molecule has 1 aliphatic heterocycles. The molecule has 11 heteroatoms. The first-order valence-electron chi connectivity index (χ1n) is 31.3. The molecule has 0 aromatic heterocycles. The molecule has 1 saturated heterocycles. The number of aliphatic hydroxyl groups is 5. The van der Waals surface area contributed by atoms with Gasteiger partial charge in [-0.05, 0) is 51.4 Å². The summed E-state index contributed by atoms with van der Waals surface area (Å²) in [5.41, 5.74) is 0. The molecule has 0 aromatic rings. The molecule has 0 aliphatic carbocycles. The molecule has 7 atom stereocenters. The number of hydrogen-bond donors (Lipinski definition) is 6. The third-order valence-corrected chi connectivity index (χ3v) is 14.7. The minimum absolute atomic E-state index is 0.00321. The van der Waals surface area contributed by atoms with Crippen molar-refractivity contribution in [1.82, 2.24) is 5.32 Å². The molecule has 0 saturated carbocycles. The summed E-state index contributed by atoms with van der Waals surface area (Å²) in [4.78, 5) is 25.0. The number of hydrogen-bond acceptors (Lipinski definition) is 10. The summed E-state index contributed by atoms with van der Waals surface area (Å²) in [5.74, 6) is -0.193. The van der Waals surface area contributed by atoms with E-state index < -0.39 is 49.5 Å². The number of carbonyl (C=O) groups is 2. The Morgan fingerprint density at radius 3 is 1.31 bits per heavy atom. The van der Waals surface area contributed by atoms with E-state index in [-0.39, 0.29) is 18.5 Å². The van der Waals surface area contributed by atoms with Gasteiger partial charge in [0.05, 0.1) is 32.0 Å². The highest BCUT2D eigenvalue weighted by molar-refractivity contribution is 5.76. The van der Waals surface area contributed by atoms with Crippen LogP contribution in [0.15, 0.2) is 36.5 Å². The van der Waals surface area contributed by atoms with Crippen LogP contribution in [0.4, 0.5) is 0 Å². The molecular formula is C63H117NO10. The van der Waals surface area contributed by atoms with Crippen LogP contribution in [0.25, 0.3) is 0 Å². The first-order valence-corrected chi connectivity index (χ1v) is 31.3. The lowest BCUT2D eigenvalue weighted by Gasteiger charge is -2.40. The largest absolute Gasteiger partial charge is 0.466 e. The smallest absolute Gasteiger partial charge is 0.305 e. The number of rotatable bonds is 54. The van der Waals surface area contributed by atoms with Crippen LogP contribution in [0, 0.1) is 0 Å². The predicted octanol–water partition coefficient (Wildman–Crippen LogP) is 14.7. The minimum atomic E-state index is -1.58. The fourth-order valence-electron chi connectivity index (χ4n) is 9.77. The van der Waals surface area contributed by atoms with E-state index in [1.807, 2.05) is 6.08 Å². The third kappa shape index (κ3) is 42.0. The van der Waals surface area contributed by atoms with Gasteiger partial charge in [0.1, 0.15) is 24.4 Å². The zero-order valence-electron chi connectivity index (χ0n) is 47.8. The highest BCUT2D eigenvalue weighted by Crippen LogP contribution is 2.23. The predicted molar refractivity (Wildman–Crippen MR) is 306 cm³/mol. The van der Waals surface area contributed by atoms with Gasteiger partial charge in [0.2, 0.25) is 5.91 Å². The number of allylic oxidation sites excluding steroid dienone is 5. The van der Waals surface area contributed by atoms with E-state index >= 15 is 0 Å². The normalized spacial score (nSPS) is 19.0. The second kappa shape index (κ2) is 52.9. The van der Waals surface area contributed by atoms with Gasteiger partial charge < -0.3 is 45.1 Å². The van der Waals surface area contributed by atoms with E-state index in [1.165, 1.54) is 186 Å². The van der Waals surface area contributed by atoms with Crippen LogP contribution < -0.4 is 5.32 Å². The van der Waals surface area contributed by atoms with Gasteiger partial charge in [-0.2, -0.15) is 0 Å². The Hall–Kier alpha value is -2.12. The molecule has 6 N–H and O–H groups in total. The van der Waals surface area contributed by atoms with Gasteiger partial charge >= 0.3 is 5.97 Å². The Morgan fingerprint density at radius 2 is 0.878 bits per heavy atom. The van der Waals surface area contributed by atoms with Crippen molar-refractivity contribution in [2.45, 2.75) is 333 Å². The number of unbranched alkanes of at least 4 members (excludes halogenated alkanes) is 36. The van der Waals surface area contributed by atoms with Gasteiger partial charge in [-0.25, -0.2) is 0 Å². The molecule has 1 aliphatic rings. The van der Waals surface area contributed by atoms with Gasteiger partial charge in [0.15, 0.2) is 6.29 Å². The van der Waals surface area contributed by atoms with Crippen LogP contribution in [0.2, 0.25) is 0 Å². The molecule has 434 valence electrons. The molecular weight excluding hydrogens is 931 g/mol. The van der Waals surface area contributed by atoms with Gasteiger partial charge in [0, 0.05) is 12.8 Å². The number of esters is 1. The van der Waals surface area contributed by atoms with Crippen LogP contribution in [0.1, 0.15) is 290 Å². The zero-order chi connectivity index (χ0) is 53.8. The van der Waals surface area contributed by atoms with Crippen LogP contribution in [0.3, 0.4) is 0 Å². The molecule has 0 radical (unpaired) electrons. The maximum atomic E-state index is 13.0. The van der Waals surface area contributed by atoms with Crippen molar-refractivity contribution >= 4 is 11.9 Å². The molecule has 0 bridgehead atoms. The molecule has 0 spiro atoms. The Bertz CT molecular complexity index is 1320. The molecule has 74 heavy (non-hydrogen) atoms. The highest BCUT2D eigenvalue weighted by Gasteiger charge is 2.44. The average molecular weight is 1050 g/mol. The fraction of sp³-hybridized carbons (Fsp3) is 0.873. The average Bonchev–Trinajstić information content (AvgIpc) is 3.40. The number of carbonyl (C=O) groups excluding carboxylic acids is 2. The second-order valence-electron chi connectivity index (χ2n) is 21.8. The lowest BCUT2D eigenvalue weighted by atomic mass is 9.99. The van der Waals surface area contributed by atoms with Gasteiger partial charge in [0.25, 0.3) is 0 Å². The minimum Gasteiger partial charge on any atom is -0.466 e. The number of amides is 1. The summed E-state index contributed by atoms with van der Waals surface area (Å²) >= 11 is 0. The maximum absolute atomic E-state index is 13.0. The van der Waals surface area contributed by atoms with Crippen molar-refractivity contribution in [3.8, 4) is 0 Å². The lowest BCUT2D eigenvalue weighted by molar-refractivity contribution is -0.302. The summed E-state index contributed by atoms with van der Waals surface area (Å²) in [7, 11) is 0. The summed E-state index contributed by atoms with van der Waals surface area (Å²) in [5, 5.41) is 54.3. The third-order valence-electron chi connectivity index (χ3n) is 14.7. The Kier molecular flexibility index (Phi) is 50.0. The summed E-state index contributed by atoms with van der Waals surface area (Å²) in [6, 6.07) is -0.833. The van der Waals surface area contributed by atoms with Crippen LogP contribution >= 0.6 is 0 Å². The van der Waals surface area contributed by atoms with Gasteiger partial charge in [-0.3, -0.25) is 9.59 Å². The van der Waals surface area contributed by atoms with Crippen molar-refractivity contribution < 1.29 is 49.3 Å². The van der Waals surface area contributed by atoms with E-state index in [2.05, 4.69) is 43.5 Å². The summed E-state index contributed by atoms with van der Waals surface area (Å²) in [6.45, 7) is 4.26. The molecule has 1 heterocycles. The molecule has 1 amide bonds. The highest BCUT2D eigenvalue weighted by atomic mass is 16.7. The van der Waals surface area contributed by atoms with Crippen molar-refractivity contribution in [2.75, 3.05) is 19.8 Å². The fourth-order valence-corrected chi connectivity index (χ4v) is 9.77. The maximum Gasteiger partial charge on any atom is 0.305 e. The van der Waals surface area contributed by atoms with E-state index in [0.29, 0.717) is 19.4 Å². The lowest BCUT2D eigenvalue weighted by Crippen LogP contribution is -2.60. The van der Waals surface area contributed by atoms with Crippen LogP contribution in [0.5, 0.6) is 0 Å².